The summed E-state index contributed by atoms with van der Waals surface area (Å²) in [6.45, 7) is 4.32. The first-order valence-corrected chi connectivity index (χ1v) is 7.46. The number of nitrogens with one attached hydrogen (secondary N) is 3. The molecular formula is C15H18F6N4O. The fourth-order valence-corrected chi connectivity index (χ4v) is 2.22. The molecule has 0 atom stereocenters. The zero-order valence-electron chi connectivity index (χ0n) is 14.0. The van der Waals surface area contributed by atoms with Crippen LogP contribution in [0.1, 0.15) is 6.92 Å². The van der Waals surface area contributed by atoms with Gasteiger partial charge in [0.25, 0.3) is 0 Å². The van der Waals surface area contributed by atoms with Crippen molar-refractivity contribution in [1.29, 1.82) is 0 Å². The summed E-state index contributed by atoms with van der Waals surface area (Å²) in [5, 5.41) is 1.36. The van der Waals surface area contributed by atoms with Crippen molar-refractivity contribution in [3.63, 3.8) is 0 Å². The first-order valence-electron chi connectivity index (χ1n) is 7.46. The van der Waals surface area contributed by atoms with Gasteiger partial charge in [-0.15, -0.1) is 0 Å². The van der Waals surface area contributed by atoms with Crippen LogP contribution in [0.3, 0.4) is 0 Å². The third kappa shape index (κ3) is 3.86. The molecule has 0 saturated heterocycles. The lowest BCUT2D eigenvalue weighted by Gasteiger charge is -2.36. The molecule has 0 radical (unpaired) electrons. The van der Waals surface area contributed by atoms with E-state index in [9.17, 15) is 26.3 Å². The lowest BCUT2D eigenvalue weighted by molar-refractivity contribution is -0.299. The Morgan fingerprint density at radius 2 is 1.77 bits per heavy atom. The van der Waals surface area contributed by atoms with Crippen LogP contribution in [0.2, 0.25) is 0 Å². The SMILES string of the molecule is C=C(NNc1ccc2c(c1)OCCN2C)NC(C)(C(F)(F)F)C(F)(F)F. The molecule has 1 aliphatic rings. The maximum atomic E-state index is 12.9. The minimum atomic E-state index is -5.57. The molecule has 1 aromatic carbocycles. The first kappa shape index (κ1) is 19.9. The molecule has 26 heavy (non-hydrogen) atoms. The number of hydrogen-bond acceptors (Lipinski definition) is 5. The van der Waals surface area contributed by atoms with Crippen LogP contribution in [-0.2, 0) is 0 Å². The normalized spacial score (nSPS) is 15.0. The molecule has 0 fully saturated rings. The lowest BCUT2D eigenvalue weighted by Crippen LogP contribution is -2.64. The van der Waals surface area contributed by atoms with Gasteiger partial charge >= 0.3 is 12.4 Å². The average Bonchev–Trinajstić information content (AvgIpc) is 2.51. The molecule has 1 aliphatic heterocycles. The highest BCUT2D eigenvalue weighted by Crippen LogP contribution is 2.43. The number of ether oxygens (including phenoxy) is 1. The molecule has 2 rings (SSSR count). The van der Waals surface area contributed by atoms with Gasteiger partial charge in [-0.2, -0.15) is 26.3 Å². The summed E-state index contributed by atoms with van der Waals surface area (Å²) in [4.78, 5) is 1.95. The minimum Gasteiger partial charge on any atom is -0.489 e. The van der Waals surface area contributed by atoms with Crippen LogP contribution in [0.5, 0.6) is 5.75 Å². The molecule has 0 spiro atoms. The summed E-state index contributed by atoms with van der Waals surface area (Å²) in [6, 6.07) is 4.87. The second-order valence-electron chi connectivity index (χ2n) is 5.93. The van der Waals surface area contributed by atoms with Gasteiger partial charge in [-0.1, -0.05) is 6.58 Å². The van der Waals surface area contributed by atoms with Gasteiger partial charge in [-0.3, -0.25) is 10.9 Å². The van der Waals surface area contributed by atoms with E-state index in [2.05, 4.69) is 17.4 Å². The fraction of sp³-hybridized carbons (Fsp3) is 0.467. The molecule has 1 heterocycles. The highest BCUT2D eigenvalue weighted by molar-refractivity contribution is 5.65. The number of nitrogens with zero attached hydrogens (tertiary/aromatic N) is 1. The van der Waals surface area contributed by atoms with E-state index in [0.29, 0.717) is 24.6 Å². The Kier molecular flexibility index (Phi) is 5.11. The fourth-order valence-electron chi connectivity index (χ4n) is 2.22. The van der Waals surface area contributed by atoms with Crippen LogP contribution < -0.4 is 25.8 Å². The number of benzene rings is 1. The molecule has 0 bridgehead atoms. The van der Waals surface area contributed by atoms with Gasteiger partial charge < -0.3 is 15.0 Å². The van der Waals surface area contributed by atoms with Gasteiger partial charge in [0.1, 0.15) is 18.2 Å². The zero-order valence-corrected chi connectivity index (χ0v) is 14.0. The van der Waals surface area contributed by atoms with E-state index in [0.717, 1.165) is 5.69 Å². The first-order chi connectivity index (χ1) is 11.8. The Hall–Kier alpha value is -2.46. The number of halogens is 6. The molecule has 146 valence electrons. The largest absolute Gasteiger partial charge is 0.489 e. The predicted octanol–water partition coefficient (Wildman–Crippen LogP) is 3.38. The van der Waals surface area contributed by atoms with Crippen molar-refractivity contribution in [3.05, 3.63) is 30.6 Å². The Morgan fingerprint density at radius 3 is 2.35 bits per heavy atom. The van der Waals surface area contributed by atoms with Crippen molar-refractivity contribution < 1.29 is 31.1 Å². The summed E-state index contributed by atoms with van der Waals surface area (Å²) in [6.07, 6.45) is -11.1. The lowest BCUT2D eigenvalue weighted by atomic mass is 10.0. The molecule has 0 unspecified atom stereocenters. The maximum absolute atomic E-state index is 12.9. The number of alkyl halides is 6. The maximum Gasteiger partial charge on any atom is 0.420 e. The van der Waals surface area contributed by atoms with E-state index >= 15 is 0 Å². The van der Waals surface area contributed by atoms with Crippen LogP contribution in [0, 0.1) is 0 Å². The van der Waals surface area contributed by atoms with Gasteiger partial charge in [-0.05, 0) is 19.1 Å². The molecule has 0 aromatic heterocycles. The molecule has 0 saturated carbocycles. The Labute approximate surface area is 146 Å². The molecule has 11 heteroatoms. The van der Waals surface area contributed by atoms with E-state index in [1.807, 2.05) is 11.9 Å². The van der Waals surface area contributed by atoms with Gasteiger partial charge in [-0.25, -0.2) is 0 Å². The van der Waals surface area contributed by atoms with Crippen LogP contribution in [0.15, 0.2) is 30.6 Å². The summed E-state index contributed by atoms with van der Waals surface area (Å²) >= 11 is 0. The molecule has 0 aliphatic carbocycles. The van der Waals surface area contributed by atoms with Gasteiger partial charge in [0.2, 0.25) is 5.54 Å². The van der Waals surface area contributed by atoms with Crippen molar-refractivity contribution in [2.24, 2.45) is 0 Å². The molecule has 3 N–H and O–H groups in total. The van der Waals surface area contributed by atoms with Crippen LogP contribution in [-0.4, -0.2) is 38.1 Å². The van der Waals surface area contributed by atoms with Gasteiger partial charge in [0, 0.05) is 13.1 Å². The number of likely N-dealkylation sites (N-methyl/N-ethyl adjacent to an activating group) is 1. The number of anilines is 2. The summed E-state index contributed by atoms with van der Waals surface area (Å²) < 4.78 is 82.6. The number of fused-ring (bicyclic) bond motifs is 1. The summed E-state index contributed by atoms with van der Waals surface area (Å²) in [7, 11) is 1.87. The Balaban J connectivity index is 2.04. The van der Waals surface area contributed by atoms with E-state index in [1.165, 1.54) is 5.32 Å². The van der Waals surface area contributed by atoms with E-state index in [4.69, 9.17) is 4.74 Å². The van der Waals surface area contributed by atoms with E-state index in [-0.39, 0.29) is 6.92 Å². The van der Waals surface area contributed by atoms with Crippen LogP contribution in [0.4, 0.5) is 37.7 Å². The quantitative estimate of drug-likeness (QED) is 0.537. The number of hydrogen-bond donors (Lipinski definition) is 3. The van der Waals surface area contributed by atoms with Gasteiger partial charge in [0.15, 0.2) is 0 Å². The smallest absolute Gasteiger partial charge is 0.420 e. The molecule has 5 nitrogen and oxygen atoms in total. The second kappa shape index (κ2) is 6.69. The highest BCUT2D eigenvalue weighted by atomic mass is 19.4. The second-order valence-corrected chi connectivity index (χ2v) is 5.93. The van der Waals surface area contributed by atoms with Crippen LogP contribution in [0.25, 0.3) is 0 Å². The Morgan fingerprint density at radius 1 is 1.15 bits per heavy atom. The molecule has 1 aromatic rings. The van der Waals surface area contributed by atoms with Crippen LogP contribution >= 0.6 is 0 Å². The standard InChI is InChI=1S/C15H18F6N4O/c1-9(22-13(2,14(16,17)18)15(19,20)21)23-24-10-4-5-11-12(8-10)26-7-6-25(11)3/h4-5,8,22-24H,1,6-7H2,2-3H3. The van der Waals surface area contributed by atoms with Crippen molar-refractivity contribution >= 4 is 11.4 Å². The van der Waals surface area contributed by atoms with E-state index in [1.54, 1.807) is 18.2 Å². The third-order valence-electron chi connectivity index (χ3n) is 3.95. The number of rotatable bonds is 5. The predicted molar refractivity (Wildman–Crippen MR) is 84.8 cm³/mol. The molecule has 0 amide bonds. The van der Waals surface area contributed by atoms with Gasteiger partial charge in [0.05, 0.1) is 17.9 Å². The third-order valence-corrected chi connectivity index (χ3v) is 3.95. The molecular weight excluding hydrogens is 366 g/mol. The topological polar surface area (TPSA) is 48.6 Å². The average molecular weight is 384 g/mol. The van der Waals surface area contributed by atoms with Crippen molar-refractivity contribution in [3.8, 4) is 5.75 Å². The number of hydrazine groups is 1. The summed E-state index contributed by atoms with van der Waals surface area (Å²) in [5.74, 6) is -0.155. The zero-order chi connectivity index (χ0) is 19.8. The Bertz CT molecular complexity index is 659. The monoisotopic (exact) mass is 384 g/mol. The highest BCUT2D eigenvalue weighted by Gasteiger charge is 2.68. The summed E-state index contributed by atoms with van der Waals surface area (Å²) in [5.41, 5.74) is 1.73. The van der Waals surface area contributed by atoms with Crippen molar-refractivity contribution in [2.45, 2.75) is 24.8 Å². The van der Waals surface area contributed by atoms with Crippen molar-refractivity contribution in [2.75, 3.05) is 30.5 Å². The van der Waals surface area contributed by atoms with Crippen molar-refractivity contribution in [1.82, 2.24) is 10.7 Å². The minimum absolute atomic E-state index is 0.00241. The van der Waals surface area contributed by atoms with E-state index < -0.39 is 23.7 Å².